The average molecular weight is 461 g/mol. The highest BCUT2D eigenvalue weighted by molar-refractivity contribution is 6.05. The van der Waals surface area contributed by atoms with Crippen molar-refractivity contribution in [3.63, 3.8) is 0 Å². The lowest BCUT2D eigenvalue weighted by Gasteiger charge is -2.35. The minimum Gasteiger partial charge on any atom is -0.478 e. The lowest BCUT2D eigenvalue weighted by molar-refractivity contribution is -0.136. The van der Waals surface area contributed by atoms with E-state index in [0.717, 1.165) is 31.7 Å². The zero-order chi connectivity index (χ0) is 24.1. The maximum absolute atomic E-state index is 12.9. The van der Waals surface area contributed by atoms with Crippen LogP contribution in [0.15, 0.2) is 54.6 Å². The molecule has 1 fully saturated rings. The summed E-state index contributed by atoms with van der Waals surface area (Å²) in [6, 6.07) is 17.0. The Bertz CT molecular complexity index is 1160. The minimum atomic E-state index is -0.977. The Balaban J connectivity index is 1.63. The minimum absolute atomic E-state index is 0.0882. The van der Waals surface area contributed by atoms with E-state index in [1.54, 1.807) is 6.07 Å². The number of carboxylic acid groups (broad SMARTS) is 1. The van der Waals surface area contributed by atoms with E-state index >= 15 is 0 Å². The summed E-state index contributed by atoms with van der Waals surface area (Å²) in [7, 11) is 0. The maximum atomic E-state index is 12.9. The molecule has 2 heterocycles. The molecule has 0 spiro atoms. The van der Waals surface area contributed by atoms with Gasteiger partial charge in [0.05, 0.1) is 23.3 Å². The van der Waals surface area contributed by atoms with Crippen molar-refractivity contribution in [2.75, 3.05) is 45.8 Å². The van der Waals surface area contributed by atoms with E-state index in [4.69, 9.17) is 4.98 Å². The monoisotopic (exact) mass is 460 g/mol. The number of rotatable bonds is 9. The molecule has 1 saturated heterocycles. The standard InChI is InChI=1S/C27H32N4O3/c1-3-29(4-2)14-16-31-17-15-30(19-24(31)32)18-22-25(27(33)34)21-12-8-9-13-23(21)28-26(22)20-10-6-5-7-11-20/h5-13H,3-4,14-19H2,1-2H3,(H,33,34). The van der Waals surface area contributed by atoms with Gasteiger partial charge in [-0.3, -0.25) is 9.69 Å². The van der Waals surface area contributed by atoms with Crippen molar-refractivity contribution in [2.45, 2.75) is 20.4 Å². The highest BCUT2D eigenvalue weighted by atomic mass is 16.4. The number of aromatic carboxylic acids is 1. The first-order valence-electron chi connectivity index (χ1n) is 11.9. The molecule has 3 aromatic rings. The molecule has 7 nitrogen and oxygen atoms in total. The van der Waals surface area contributed by atoms with Gasteiger partial charge in [0.2, 0.25) is 5.91 Å². The van der Waals surface area contributed by atoms with Crippen LogP contribution in [0.25, 0.3) is 22.2 Å². The topological polar surface area (TPSA) is 77.0 Å². The van der Waals surface area contributed by atoms with Crippen molar-refractivity contribution in [3.8, 4) is 11.3 Å². The lowest BCUT2D eigenvalue weighted by atomic mass is 9.96. The second-order valence-corrected chi connectivity index (χ2v) is 8.62. The molecule has 178 valence electrons. The number of carbonyl (C=O) groups excluding carboxylic acids is 1. The van der Waals surface area contributed by atoms with Crippen LogP contribution in [-0.2, 0) is 11.3 Å². The third kappa shape index (κ3) is 5.11. The lowest BCUT2D eigenvalue weighted by Crippen LogP contribution is -2.51. The fourth-order valence-electron chi connectivity index (χ4n) is 4.64. The van der Waals surface area contributed by atoms with Gasteiger partial charge in [0.25, 0.3) is 0 Å². The van der Waals surface area contributed by atoms with Crippen molar-refractivity contribution in [1.29, 1.82) is 0 Å². The van der Waals surface area contributed by atoms with E-state index < -0.39 is 5.97 Å². The molecule has 1 N–H and O–H groups in total. The molecule has 34 heavy (non-hydrogen) atoms. The average Bonchev–Trinajstić information content (AvgIpc) is 2.85. The van der Waals surface area contributed by atoms with E-state index in [9.17, 15) is 14.7 Å². The summed E-state index contributed by atoms with van der Waals surface area (Å²) in [4.78, 5) is 36.5. The van der Waals surface area contributed by atoms with Crippen molar-refractivity contribution in [2.24, 2.45) is 0 Å². The van der Waals surface area contributed by atoms with Gasteiger partial charge in [-0.1, -0.05) is 62.4 Å². The second kappa shape index (κ2) is 10.8. The van der Waals surface area contributed by atoms with Crippen LogP contribution in [0.4, 0.5) is 0 Å². The Labute approximate surface area is 200 Å². The first kappa shape index (κ1) is 23.9. The summed E-state index contributed by atoms with van der Waals surface area (Å²) in [6.45, 7) is 9.78. The van der Waals surface area contributed by atoms with Gasteiger partial charge in [-0.25, -0.2) is 9.78 Å². The van der Waals surface area contributed by atoms with Crippen LogP contribution in [0.5, 0.6) is 0 Å². The van der Waals surface area contributed by atoms with Crippen LogP contribution in [0.1, 0.15) is 29.8 Å². The number of hydrogen-bond donors (Lipinski definition) is 1. The zero-order valence-corrected chi connectivity index (χ0v) is 19.9. The first-order valence-corrected chi connectivity index (χ1v) is 11.9. The molecule has 0 bridgehead atoms. The maximum Gasteiger partial charge on any atom is 0.336 e. The molecule has 4 rings (SSSR count). The highest BCUT2D eigenvalue weighted by Crippen LogP contribution is 2.31. The summed E-state index contributed by atoms with van der Waals surface area (Å²) in [6.07, 6.45) is 0. The molecular weight excluding hydrogens is 428 g/mol. The van der Waals surface area contributed by atoms with Gasteiger partial charge in [0.15, 0.2) is 0 Å². The zero-order valence-electron chi connectivity index (χ0n) is 19.9. The Hall–Kier alpha value is -3.29. The summed E-state index contributed by atoms with van der Waals surface area (Å²) >= 11 is 0. The highest BCUT2D eigenvalue weighted by Gasteiger charge is 2.28. The van der Waals surface area contributed by atoms with E-state index in [1.807, 2.05) is 58.3 Å². The number of para-hydroxylation sites is 1. The molecular formula is C27H32N4O3. The molecule has 1 amide bonds. The van der Waals surface area contributed by atoms with Crippen LogP contribution < -0.4 is 0 Å². The predicted octanol–water partition coefficient (Wildman–Crippen LogP) is 3.59. The number of hydrogen-bond acceptors (Lipinski definition) is 5. The summed E-state index contributed by atoms with van der Waals surface area (Å²) in [5, 5.41) is 10.8. The Morgan fingerprint density at radius 3 is 2.41 bits per heavy atom. The molecule has 2 aromatic carbocycles. The molecule has 0 unspecified atom stereocenters. The molecule has 0 atom stereocenters. The van der Waals surface area contributed by atoms with Gasteiger partial charge in [-0.05, 0) is 19.2 Å². The number of pyridine rings is 1. The summed E-state index contributed by atoms with van der Waals surface area (Å²) < 4.78 is 0. The summed E-state index contributed by atoms with van der Waals surface area (Å²) in [5.74, 6) is -0.889. The Morgan fingerprint density at radius 2 is 1.74 bits per heavy atom. The van der Waals surface area contributed by atoms with Crippen LogP contribution in [0.3, 0.4) is 0 Å². The van der Waals surface area contributed by atoms with Gasteiger partial charge < -0.3 is 14.9 Å². The third-order valence-electron chi connectivity index (χ3n) is 6.61. The molecule has 0 aliphatic carbocycles. The summed E-state index contributed by atoms with van der Waals surface area (Å²) in [5.41, 5.74) is 3.10. The van der Waals surface area contributed by atoms with Crippen molar-refractivity contribution in [1.82, 2.24) is 19.7 Å². The van der Waals surface area contributed by atoms with E-state index in [-0.39, 0.29) is 18.0 Å². The number of amides is 1. The smallest absolute Gasteiger partial charge is 0.336 e. The molecule has 1 aliphatic heterocycles. The van der Waals surface area contributed by atoms with Crippen LogP contribution in [-0.4, -0.2) is 82.5 Å². The fraction of sp³-hybridized carbons (Fsp3) is 0.370. The first-order chi connectivity index (χ1) is 16.5. The SMILES string of the molecule is CCN(CC)CCN1CCN(Cc2c(-c3ccccc3)nc3ccccc3c2C(=O)O)CC1=O. The van der Waals surface area contributed by atoms with Crippen molar-refractivity contribution in [3.05, 3.63) is 65.7 Å². The number of likely N-dealkylation sites (N-methyl/N-ethyl adjacent to an activating group) is 1. The van der Waals surface area contributed by atoms with Crippen molar-refractivity contribution >= 4 is 22.8 Å². The van der Waals surface area contributed by atoms with E-state index in [0.29, 0.717) is 41.8 Å². The van der Waals surface area contributed by atoms with Crippen molar-refractivity contribution < 1.29 is 14.7 Å². The van der Waals surface area contributed by atoms with Crippen LogP contribution in [0, 0.1) is 0 Å². The van der Waals surface area contributed by atoms with Gasteiger partial charge in [0, 0.05) is 49.2 Å². The molecule has 0 radical (unpaired) electrons. The number of carbonyl (C=O) groups is 2. The van der Waals surface area contributed by atoms with Crippen LogP contribution in [0.2, 0.25) is 0 Å². The fourth-order valence-corrected chi connectivity index (χ4v) is 4.64. The van der Waals surface area contributed by atoms with Gasteiger partial charge in [0.1, 0.15) is 0 Å². The van der Waals surface area contributed by atoms with E-state index in [2.05, 4.69) is 18.7 Å². The number of nitrogens with zero attached hydrogens (tertiary/aromatic N) is 4. The van der Waals surface area contributed by atoms with Crippen LogP contribution >= 0.6 is 0 Å². The van der Waals surface area contributed by atoms with Gasteiger partial charge in [-0.2, -0.15) is 0 Å². The molecule has 1 aliphatic rings. The molecule has 7 heteroatoms. The number of fused-ring (bicyclic) bond motifs is 1. The number of benzene rings is 2. The predicted molar refractivity (Wildman–Crippen MR) is 134 cm³/mol. The second-order valence-electron chi connectivity index (χ2n) is 8.62. The molecule has 0 saturated carbocycles. The number of piperazine rings is 1. The number of aromatic nitrogens is 1. The van der Waals surface area contributed by atoms with E-state index in [1.165, 1.54) is 0 Å². The largest absolute Gasteiger partial charge is 0.478 e. The molecule has 1 aromatic heterocycles. The van der Waals surface area contributed by atoms with Gasteiger partial charge >= 0.3 is 5.97 Å². The Kier molecular flexibility index (Phi) is 7.55. The third-order valence-corrected chi connectivity index (χ3v) is 6.61. The Morgan fingerprint density at radius 1 is 1.03 bits per heavy atom. The normalized spacial score (nSPS) is 14.8. The van der Waals surface area contributed by atoms with Gasteiger partial charge in [-0.15, -0.1) is 0 Å². The number of carboxylic acids is 1. The quantitative estimate of drug-likeness (QED) is 0.526.